The fraction of sp³-hybridized carbons (Fsp3) is 0.556. The molecule has 1 fully saturated rings. The molecule has 0 aliphatic carbocycles. The van der Waals surface area contributed by atoms with Crippen LogP contribution in [0.3, 0.4) is 0 Å². The Morgan fingerprint density at radius 2 is 1.87 bits per heavy atom. The number of hydrogen-bond acceptors (Lipinski definition) is 3. The van der Waals surface area contributed by atoms with Gasteiger partial charge in [0.25, 0.3) is 0 Å². The molecule has 23 heavy (non-hydrogen) atoms. The highest BCUT2D eigenvalue weighted by atomic mass is 16.4. The van der Waals surface area contributed by atoms with E-state index < -0.39 is 11.9 Å². The minimum Gasteiger partial charge on any atom is -0.481 e. The van der Waals surface area contributed by atoms with E-state index in [0.717, 1.165) is 18.4 Å². The monoisotopic (exact) mass is 318 g/mol. The lowest BCUT2D eigenvalue weighted by Crippen LogP contribution is -2.45. The van der Waals surface area contributed by atoms with E-state index in [4.69, 9.17) is 0 Å². The van der Waals surface area contributed by atoms with Gasteiger partial charge >= 0.3 is 5.97 Å². The minimum absolute atomic E-state index is 0.0205. The predicted octanol–water partition coefficient (Wildman–Crippen LogP) is 2.12. The molecule has 0 saturated carbocycles. The summed E-state index contributed by atoms with van der Waals surface area (Å²) in [6.45, 7) is 5.73. The van der Waals surface area contributed by atoms with Crippen LogP contribution in [0.15, 0.2) is 30.3 Å². The Balaban J connectivity index is 2.00. The van der Waals surface area contributed by atoms with Crippen molar-refractivity contribution in [1.82, 2.24) is 10.2 Å². The van der Waals surface area contributed by atoms with Gasteiger partial charge in [-0.15, -0.1) is 0 Å². The van der Waals surface area contributed by atoms with Crippen molar-refractivity contribution >= 4 is 11.9 Å². The number of benzene rings is 1. The number of carboxylic acid groups (broad SMARTS) is 1. The van der Waals surface area contributed by atoms with Crippen molar-refractivity contribution < 1.29 is 14.7 Å². The van der Waals surface area contributed by atoms with Crippen LogP contribution in [0.25, 0.3) is 0 Å². The van der Waals surface area contributed by atoms with Crippen molar-refractivity contribution in [2.24, 2.45) is 11.8 Å². The summed E-state index contributed by atoms with van der Waals surface area (Å²) in [7, 11) is 0. The van der Waals surface area contributed by atoms with Crippen molar-refractivity contribution in [3.05, 3.63) is 35.9 Å². The highest BCUT2D eigenvalue weighted by Crippen LogP contribution is 2.21. The second-order valence-corrected chi connectivity index (χ2v) is 6.25. The molecule has 1 aliphatic rings. The summed E-state index contributed by atoms with van der Waals surface area (Å²) in [6.07, 6.45) is 1.56. The fourth-order valence-corrected chi connectivity index (χ4v) is 3.21. The number of hydrogen-bond donors (Lipinski definition) is 2. The Morgan fingerprint density at radius 1 is 1.22 bits per heavy atom. The summed E-state index contributed by atoms with van der Waals surface area (Å²) in [4.78, 5) is 25.9. The molecular formula is C18H26N2O3. The van der Waals surface area contributed by atoms with Gasteiger partial charge < -0.3 is 10.4 Å². The molecule has 0 aromatic heterocycles. The van der Waals surface area contributed by atoms with Crippen LogP contribution < -0.4 is 5.32 Å². The van der Waals surface area contributed by atoms with Gasteiger partial charge in [0, 0.05) is 25.6 Å². The molecule has 1 aliphatic heterocycles. The molecule has 2 rings (SSSR count). The Morgan fingerprint density at radius 3 is 2.43 bits per heavy atom. The van der Waals surface area contributed by atoms with Gasteiger partial charge in [-0.25, -0.2) is 0 Å². The average molecular weight is 318 g/mol. The van der Waals surface area contributed by atoms with Gasteiger partial charge in [0.2, 0.25) is 5.91 Å². The van der Waals surface area contributed by atoms with E-state index in [1.165, 1.54) is 0 Å². The molecule has 126 valence electrons. The van der Waals surface area contributed by atoms with E-state index in [0.29, 0.717) is 19.6 Å². The first-order valence-corrected chi connectivity index (χ1v) is 8.34. The number of carboxylic acids is 1. The lowest BCUT2D eigenvalue weighted by molar-refractivity contribution is -0.142. The van der Waals surface area contributed by atoms with Gasteiger partial charge in [0.1, 0.15) is 0 Å². The number of carbonyl (C=O) groups excluding carboxylic acids is 1. The van der Waals surface area contributed by atoms with Crippen LogP contribution in [-0.2, 0) is 16.1 Å². The number of carbonyl (C=O) groups is 2. The van der Waals surface area contributed by atoms with Crippen molar-refractivity contribution in [3.63, 3.8) is 0 Å². The van der Waals surface area contributed by atoms with E-state index >= 15 is 0 Å². The van der Waals surface area contributed by atoms with Crippen LogP contribution >= 0.6 is 0 Å². The molecule has 2 atom stereocenters. The van der Waals surface area contributed by atoms with E-state index in [9.17, 15) is 14.7 Å². The molecule has 0 bridgehead atoms. The number of aliphatic carboxylic acids is 1. The molecule has 0 radical (unpaired) electrons. The topological polar surface area (TPSA) is 69.6 Å². The van der Waals surface area contributed by atoms with Crippen LogP contribution in [0.4, 0.5) is 0 Å². The maximum absolute atomic E-state index is 12.3. The zero-order valence-corrected chi connectivity index (χ0v) is 13.9. The Labute approximate surface area is 137 Å². The normalized spacial score (nSPS) is 21.5. The summed E-state index contributed by atoms with van der Waals surface area (Å²) in [6, 6.07) is 9.67. The van der Waals surface area contributed by atoms with E-state index in [-0.39, 0.29) is 17.9 Å². The standard InChI is InChI=1S/C18H26N2O3/c1-3-14(4-2)17(21)19-16-12-20(11-15(16)18(22)23)10-13-8-6-5-7-9-13/h5-9,14-16H,3-4,10-12H2,1-2H3,(H,19,21)(H,22,23). The van der Waals surface area contributed by atoms with E-state index in [2.05, 4.69) is 10.2 Å². The Hall–Kier alpha value is -1.88. The molecule has 1 heterocycles. The maximum Gasteiger partial charge on any atom is 0.309 e. The molecular weight excluding hydrogens is 292 g/mol. The van der Waals surface area contributed by atoms with Crippen LogP contribution in [0.5, 0.6) is 0 Å². The van der Waals surface area contributed by atoms with Gasteiger partial charge in [-0.05, 0) is 18.4 Å². The number of likely N-dealkylation sites (tertiary alicyclic amines) is 1. The molecule has 2 unspecified atom stereocenters. The quantitative estimate of drug-likeness (QED) is 0.808. The first kappa shape index (κ1) is 17.5. The number of nitrogens with zero attached hydrogens (tertiary/aromatic N) is 1. The second-order valence-electron chi connectivity index (χ2n) is 6.25. The SMILES string of the molecule is CCC(CC)C(=O)NC1CN(Cc2ccccc2)CC1C(=O)O. The molecule has 2 N–H and O–H groups in total. The van der Waals surface area contributed by atoms with Crippen molar-refractivity contribution in [2.75, 3.05) is 13.1 Å². The van der Waals surface area contributed by atoms with Gasteiger partial charge in [-0.3, -0.25) is 14.5 Å². The van der Waals surface area contributed by atoms with Crippen LogP contribution in [-0.4, -0.2) is 41.0 Å². The highest BCUT2D eigenvalue weighted by Gasteiger charge is 2.38. The molecule has 5 heteroatoms. The smallest absolute Gasteiger partial charge is 0.309 e. The third-order valence-electron chi connectivity index (χ3n) is 4.65. The van der Waals surface area contributed by atoms with E-state index in [1.54, 1.807) is 0 Å². The molecule has 5 nitrogen and oxygen atoms in total. The zero-order chi connectivity index (χ0) is 16.8. The lowest BCUT2D eigenvalue weighted by atomic mass is 9.99. The van der Waals surface area contributed by atoms with Crippen LogP contribution in [0.1, 0.15) is 32.3 Å². The summed E-state index contributed by atoms with van der Waals surface area (Å²) in [5.41, 5.74) is 1.16. The second kappa shape index (κ2) is 8.11. The molecule has 1 aromatic carbocycles. The van der Waals surface area contributed by atoms with Gasteiger partial charge in [-0.1, -0.05) is 44.2 Å². The van der Waals surface area contributed by atoms with Crippen molar-refractivity contribution in [3.8, 4) is 0 Å². The van der Waals surface area contributed by atoms with Crippen molar-refractivity contribution in [1.29, 1.82) is 0 Å². The van der Waals surface area contributed by atoms with E-state index in [1.807, 2.05) is 44.2 Å². The summed E-state index contributed by atoms with van der Waals surface area (Å²) < 4.78 is 0. The zero-order valence-electron chi connectivity index (χ0n) is 13.9. The fourth-order valence-electron chi connectivity index (χ4n) is 3.21. The van der Waals surface area contributed by atoms with Gasteiger partial charge in [0.05, 0.1) is 12.0 Å². The Bertz CT molecular complexity index is 528. The number of nitrogens with one attached hydrogen (secondary N) is 1. The summed E-state index contributed by atoms with van der Waals surface area (Å²) >= 11 is 0. The maximum atomic E-state index is 12.3. The predicted molar refractivity (Wildman–Crippen MR) is 88.8 cm³/mol. The minimum atomic E-state index is -0.838. The average Bonchev–Trinajstić information content (AvgIpc) is 2.92. The number of rotatable bonds is 7. The largest absolute Gasteiger partial charge is 0.481 e. The molecule has 1 saturated heterocycles. The Kier molecular flexibility index (Phi) is 6.16. The van der Waals surface area contributed by atoms with Crippen LogP contribution in [0.2, 0.25) is 0 Å². The molecule has 1 aromatic rings. The van der Waals surface area contributed by atoms with Gasteiger partial charge in [0.15, 0.2) is 0 Å². The summed E-state index contributed by atoms with van der Waals surface area (Å²) in [5, 5.41) is 12.4. The molecule has 1 amide bonds. The first-order chi connectivity index (χ1) is 11.0. The van der Waals surface area contributed by atoms with Crippen molar-refractivity contribution in [2.45, 2.75) is 39.3 Å². The number of amides is 1. The third kappa shape index (κ3) is 4.55. The third-order valence-corrected chi connectivity index (χ3v) is 4.65. The molecule has 0 spiro atoms. The summed E-state index contributed by atoms with van der Waals surface area (Å²) in [5.74, 6) is -1.44. The first-order valence-electron chi connectivity index (χ1n) is 8.34. The highest BCUT2D eigenvalue weighted by molar-refractivity contribution is 5.80. The lowest BCUT2D eigenvalue weighted by Gasteiger charge is -2.20. The van der Waals surface area contributed by atoms with Gasteiger partial charge in [-0.2, -0.15) is 0 Å². The van der Waals surface area contributed by atoms with Crippen LogP contribution in [0, 0.1) is 11.8 Å².